The Balaban J connectivity index is 3.91. The maximum Gasteiger partial charge on any atom is 0.0886 e. The van der Waals surface area contributed by atoms with Crippen molar-refractivity contribution in [3.63, 3.8) is 0 Å². The maximum absolute atomic E-state index is 8.77. The average molecular weight is 147 g/mol. The van der Waals surface area contributed by atoms with Crippen molar-refractivity contribution in [2.75, 3.05) is 13.2 Å². The van der Waals surface area contributed by atoms with Crippen LogP contribution in [0.2, 0.25) is 0 Å². The zero-order valence-electron chi connectivity index (χ0n) is 5.25. The molecule has 0 bridgehead atoms. The lowest BCUT2D eigenvalue weighted by molar-refractivity contribution is 0.0551. The smallest absolute Gasteiger partial charge is 0.0886 e. The molecule has 0 aliphatic heterocycles. The van der Waals surface area contributed by atoms with Crippen LogP contribution in [0.4, 0.5) is 0 Å². The normalized spacial score (nSPS) is 15.5. The third-order valence-corrected chi connectivity index (χ3v) is 1.02. The van der Waals surface area contributed by atoms with Gasteiger partial charge in [0.05, 0.1) is 25.4 Å². The quantitative estimate of drug-likeness (QED) is 0.270. The molecule has 0 heterocycles. The van der Waals surface area contributed by atoms with Gasteiger partial charge in [0.2, 0.25) is 0 Å². The van der Waals surface area contributed by atoms with Gasteiger partial charge in [0.15, 0.2) is 0 Å². The number of hydrogen-bond donors (Lipinski definition) is 3. The fourth-order valence-electron chi connectivity index (χ4n) is 0.423. The average Bonchev–Trinajstić information content (AvgIpc) is 1.99. The molecule has 0 amide bonds. The van der Waals surface area contributed by atoms with E-state index in [1.54, 1.807) is 0 Å². The van der Waals surface area contributed by atoms with Crippen LogP contribution in [0.1, 0.15) is 0 Å². The first kappa shape index (κ1) is 9.19. The molecule has 2 atom stereocenters. The number of rotatable bonds is 4. The van der Waals surface area contributed by atoms with Crippen LogP contribution < -0.4 is 0 Å². The molecule has 0 aliphatic rings. The van der Waals surface area contributed by atoms with E-state index in [9.17, 15) is 0 Å². The van der Waals surface area contributed by atoms with Crippen LogP contribution in [0.25, 0.3) is 10.4 Å². The van der Waals surface area contributed by atoms with Crippen LogP contribution in [-0.4, -0.2) is 40.7 Å². The third-order valence-electron chi connectivity index (χ3n) is 1.02. The number of hydrogen-bond acceptors (Lipinski definition) is 4. The Labute approximate surface area is 57.4 Å². The van der Waals surface area contributed by atoms with E-state index >= 15 is 0 Å². The molecule has 0 unspecified atom stereocenters. The van der Waals surface area contributed by atoms with Crippen LogP contribution >= 0.6 is 0 Å². The highest BCUT2D eigenvalue weighted by Gasteiger charge is 2.14. The summed E-state index contributed by atoms with van der Waals surface area (Å²) in [5.41, 5.74) is 7.87. The minimum absolute atomic E-state index is 0.466. The second kappa shape index (κ2) is 5.01. The molecular formula is C4H9N3O3. The van der Waals surface area contributed by atoms with Crippen LogP contribution in [-0.2, 0) is 0 Å². The Morgan fingerprint density at radius 2 is 2.00 bits per heavy atom. The monoisotopic (exact) mass is 147 g/mol. The van der Waals surface area contributed by atoms with Crippen molar-refractivity contribution in [1.82, 2.24) is 0 Å². The summed E-state index contributed by atoms with van der Waals surface area (Å²) in [6.45, 7) is -0.990. The second-order valence-electron chi connectivity index (χ2n) is 1.70. The summed E-state index contributed by atoms with van der Waals surface area (Å²) < 4.78 is 0. The summed E-state index contributed by atoms with van der Waals surface area (Å²) >= 11 is 0. The van der Waals surface area contributed by atoms with Crippen molar-refractivity contribution in [1.29, 1.82) is 0 Å². The van der Waals surface area contributed by atoms with E-state index in [0.29, 0.717) is 0 Å². The lowest BCUT2D eigenvalue weighted by Crippen LogP contribution is -2.30. The van der Waals surface area contributed by atoms with Crippen molar-refractivity contribution in [3.8, 4) is 0 Å². The summed E-state index contributed by atoms with van der Waals surface area (Å²) in [6.07, 6.45) is -1.18. The van der Waals surface area contributed by atoms with E-state index in [2.05, 4.69) is 10.0 Å². The molecule has 0 spiro atoms. The standard InChI is InChI=1S/C4H9N3O3/c5-7-6-3(1-8)4(10)2-9/h3-4,8-10H,1-2H2/t3-,4-/m0/s1. The molecule has 3 N–H and O–H groups in total. The van der Waals surface area contributed by atoms with E-state index < -0.39 is 25.4 Å². The molecule has 0 fully saturated rings. The Kier molecular flexibility index (Phi) is 4.61. The van der Waals surface area contributed by atoms with Crippen molar-refractivity contribution in [2.45, 2.75) is 12.1 Å². The summed E-state index contributed by atoms with van der Waals surface area (Å²) in [6, 6.07) is -0.949. The van der Waals surface area contributed by atoms with Crippen LogP contribution in [0.3, 0.4) is 0 Å². The summed E-state index contributed by atoms with van der Waals surface area (Å²) in [5.74, 6) is 0. The SMILES string of the molecule is [N-]=[N+]=N[C@@H](CO)[C@@H](O)CO. The van der Waals surface area contributed by atoms with Crippen molar-refractivity contribution in [2.24, 2.45) is 5.11 Å². The third kappa shape index (κ3) is 2.65. The fraction of sp³-hybridized carbons (Fsp3) is 1.00. The number of aliphatic hydroxyl groups excluding tert-OH is 3. The second-order valence-corrected chi connectivity index (χ2v) is 1.70. The van der Waals surface area contributed by atoms with Crippen molar-refractivity contribution in [3.05, 3.63) is 10.4 Å². The van der Waals surface area contributed by atoms with Gasteiger partial charge in [-0.15, -0.1) is 0 Å². The molecule has 0 aromatic rings. The highest BCUT2D eigenvalue weighted by Crippen LogP contribution is 1.97. The Morgan fingerprint density at radius 1 is 1.40 bits per heavy atom. The molecule has 0 rings (SSSR count). The number of aliphatic hydroxyl groups is 3. The predicted molar refractivity (Wildman–Crippen MR) is 33.1 cm³/mol. The lowest BCUT2D eigenvalue weighted by Gasteiger charge is -2.11. The van der Waals surface area contributed by atoms with Crippen molar-refractivity contribution >= 4 is 0 Å². The van der Waals surface area contributed by atoms with Gasteiger partial charge in [-0.05, 0) is 5.53 Å². The molecule has 0 aliphatic carbocycles. The van der Waals surface area contributed by atoms with Gasteiger partial charge in [-0.2, -0.15) is 0 Å². The zero-order valence-corrected chi connectivity index (χ0v) is 5.25. The van der Waals surface area contributed by atoms with E-state index in [1.807, 2.05) is 0 Å². The predicted octanol–water partition coefficient (Wildman–Crippen LogP) is -0.989. The largest absolute Gasteiger partial charge is 0.396 e. The summed E-state index contributed by atoms with van der Waals surface area (Å²) in [5, 5.41) is 28.5. The lowest BCUT2D eigenvalue weighted by atomic mass is 10.2. The molecule has 0 saturated carbocycles. The Bertz CT molecular complexity index is 134. The highest BCUT2D eigenvalue weighted by molar-refractivity contribution is 4.73. The molecule has 0 aromatic heterocycles. The van der Waals surface area contributed by atoms with Gasteiger partial charge in [-0.3, -0.25) is 0 Å². The first-order valence-electron chi connectivity index (χ1n) is 2.70. The molecule has 0 radical (unpaired) electrons. The fourth-order valence-corrected chi connectivity index (χ4v) is 0.423. The van der Waals surface area contributed by atoms with Gasteiger partial charge in [0.25, 0.3) is 0 Å². The van der Waals surface area contributed by atoms with Gasteiger partial charge in [-0.25, -0.2) is 0 Å². The first-order chi connectivity index (χ1) is 4.76. The maximum atomic E-state index is 8.77. The topological polar surface area (TPSA) is 109 Å². The number of nitrogens with zero attached hydrogens (tertiary/aromatic N) is 3. The zero-order chi connectivity index (χ0) is 7.98. The van der Waals surface area contributed by atoms with E-state index in [4.69, 9.17) is 20.9 Å². The summed E-state index contributed by atoms with van der Waals surface area (Å²) in [4.78, 5) is 2.37. The Morgan fingerprint density at radius 3 is 2.30 bits per heavy atom. The van der Waals surface area contributed by atoms with E-state index in [0.717, 1.165) is 0 Å². The molecule has 6 nitrogen and oxygen atoms in total. The Hall–Kier alpha value is -0.810. The minimum atomic E-state index is -1.18. The van der Waals surface area contributed by atoms with Gasteiger partial charge in [0, 0.05) is 4.91 Å². The van der Waals surface area contributed by atoms with Crippen LogP contribution in [0.15, 0.2) is 5.11 Å². The van der Waals surface area contributed by atoms with Crippen LogP contribution in [0.5, 0.6) is 0 Å². The van der Waals surface area contributed by atoms with E-state index in [1.165, 1.54) is 0 Å². The van der Waals surface area contributed by atoms with Gasteiger partial charge in [0.1, 0.15) is 0 Å². The molecular weight excluding hydrogens is 138 g/mol. The summed E-state index contributed by atoms with van der Waals surface area (Å²) in [7, 11) is 0. The molecule has 58 valence electrons. The first-order valence-corrected chi connectivity index (χ1v) is 2.70. The van der Waals surface area contributed by atoms with Gasteiger partial charge in [-0.1, -0.05) is 5.11 Å². The van der Waals surface area contributed by atoms with Crippen LogP contribution in [0, 0.1) is 0 Å². The van der Waals surface area contributed by atoms with Gasteiger partial charge < -0.3 is 15.3 Å². The minimum Gasteiger partial charge on any atom is -0.396 e. The van der Waals surface area contributed by atoms with Gasteiger partial charge >= 0.3 is 0 Å². The molecule has 0 aromatic carbocycles. The molecule has 6 heteroatoms. The van der Waals surface area contributed by atoms with Crippen molar-refractivity contribution < 1.29 is 15.3 Å². The van der Waals surface area contributed by atoms with E-state index in [-0.39, 0.29) is 0 Å². The highest BCUT2D eigenvalue weighted by atomic mass is 16.3. The number of azide groups is 1. The molecule has 0 saturated heterocycles. The molecule has 10 heavy (non-hydrogen) atoms.